The number of aliphatic imine (C=N–C) groups is 1. The minimum Gasteiger partial charge on any atom is -0.452 e. The molecular weight excluding hydrogens is 612 g/mol. The molecule has 0 fully saturated rings. The van der Waals surface area contributed by atoms with Gasteiger partial charge in [-0.2, -0.15) is 0 Å². The second kappa shape index (κ2) is 15.4. The van der Waals surface area contributed by atoms with Gasteiger partial charge in [0.1, 0.15) is 11.6 Å². The molecule has 0 spiro atoms. The Bertz CT molecular complexity index is 2020. The molecule has 252 valence electrons. The van der Waals surface area contributed by atoms with Gasteiger partial charge >= 0.3 is 0 Å². The first-order chi connectivity index (χ1) is 23.9. The van der Waals surface area contributed by atoms with Crippen molar-refractivity contribution in [2.75, 3.05) is 71.0 Å². The van der Waals surface area contributed by atoms with E-state index in [1.807, 2.05) is 48.5 Å². The van der Waals surface area contributed by atoms with Gasteiger partial charge < -0.3 is 25.2 Å². The van der Waals surface area contributed by atoms with Crippen LogP contribution in [0.25, 0.3) is 32.9 Å². The normalized spacial score (nSPS) is 12.3. The first-order valence-corrected chi connectivity index (χ1v) is 16.9. The van der Waals surface area contributed by atoms with Crippen LogP contribution in [0.5, 0.6) is 5.75 Å². The van der Waals surface area contributed by atoms with Crippen LogP contribution in [0.4, 0.5) is 11.6 Å². The maximum Gasteiger partial charge on any atom is 0.199 e. The van der Waals surface area contributed by atoms with Crippen LogP contribution in [-0.4, -0.2) is 97.2 Å². The zero-order chi connectivity index (χ0) is 34.3. The number of nitrogens with zero attached hydrogens (tertiary/aromatic N) is 6. The topological polar surface area (TPSA) is 108 Å². The molecule has 0 saturated heterocycles. The Morgan fingerprint density at radius 1 is 0.857 bits per heavy atom. The Kier molecular flexibility index (Phi) is 10.6. The summed E-state index contributed by atoms with van der Waals surface area (Å²) >= 11 is 0. The fourth-order valence-electron chi connectivity index (χ4n) is 6.48. The van der Waals surface area contributed by atoms with Crippen LogP contribution >= 0.6 is 0 Å². The van der Waals surface area contributed by atoms with E-state index in [2.05, 4.69) is 64.1 Å². The minimum absolute atomic E-state index is 0.0212. The van der Waals surface area contributed by atoms with E-state index in [0.717, 1.165) is 89.9 Å². The van der Waals surface area contributed by atoms with Gasteiger partial charge in [-0.1, -0.05) is 49.9 Å². The van der Waals surface area contributed by atoms with Crippen molar-refractivity contribution in [1.82, 2.24) is 24.8 Å². The van der Waals surface area contributed by atoms with Crippen molar-refractivity contribution in [1.29, 1.82) is 0 Å². The van der Waals surface area contributed by atoms with Crippen molar-refractivity contribution < 1.29 is 9.53 Å². The zero-order valence-corrected chi connectivity index (χ0v) is 28.8. The number of para-hydroxylation sites is 2. The number of hydrogen-bond acceptors (Lipinski definition) is 10. The fourth-order valence-corrected chi connectivity index (χ4v) is 6.48. The molecule has 2 aromatic carbocycles. The number of nitrogens with one attached hydrogen (secondary N) is 2. The number of aromatic nitrogens is 3. The van der Waals surface area contributed by atoms with Crippen molar-refractivity contribution >= 4 is 45.4 Å². The van der Waals surface area contributed by atoms with Gasteiger partial charge in [0.2, 0.25) is 0 Å². The summed E-state index contributed by atoms with van der Waals surface area (Å²) in [4.78, 5) is 36.1. The lowest BCUT2D eigenvalue weighted by Gasteiger charge is -2.22. The van der Waals surface area contributed by atoms with Crippen LogP contribution in [0.1, 0.15) is 34.8 Å². The van der Waals surface area contributed by atoms with Crippen LogP contribution in [-0.2, 0) is 6.42 Å². The molecule has 1 aliphatic rings. The number of fused-ring (bicyclic) bond motifs is 6. The average Bonchev–Trinajstić information content (AvgIpc) is 3.41. The van der Waals surface area contributed by atoms with Crippen LogP contribution < -0.4 is 15.4 Å². The molecule has 0 unspecified atom stereocenters. The summed E-state index contributed by atoms with van der Waals surface area (Å²) < 4.78 is 6.17. The number of carbonyl (C=O) groups is 1. The number of likely N-dealkylation sites (N-methyl/N-ethyl adjacent to an activating group) is 2. The highest BCUT2D eigenvalue weighted by atomic mass is 16.5. The Hall–Kier alpha value is -5.19. The summed E-state index contributed by atoms with van der Waals surface area (Å²) in [7, 11) is 5.97. The summed E-state index contributed by atoms with van der Waals surface area (Å²) in [5.74, 6) is 2.52. The average molecular weight is 657 g/mol. The molecular formula is C39H44N8O2. The van der Waals surface area contributed by atoms with Gasteiger partial charge in [0.25, 0.3) is 0 Å². The molecule has 2 N–H and O–H groups in total. The van der Waals surface area contributed by atoms with Crippen LogP contribution in [0.2, 0.25) is 0 Å². The molecule has 0 amide bonds. The summed E-state index contributed by atoms with van der Waals surface area (Å²) in [5, 5.41) is 9.07. The van der Waals surface area contributed by atoms with E-state index in [-0.39, 0.29) is 5.78 Å². The van der Waals surface area contributed by atoms with Crippen LogP contribution in [0.3, 0.4) is 0 Å². The molecule has 1 aliphatic carbocycles. The molecule has 10 nitrogen and oxygen atoms in total. The third-order valence-electron chi connectivity index (χ3n) is 8.92. The van der Waals surface area contributed by atoms with Gasteiger partial charge in [-0.25, -0.2) is 9.97 Å². The summed E-state index contributed by atoms with van der Waals surface area (Å²) in [6.07, 6.45) is 6.84. The van der Waals surface area contributed by atoms with E-state index < -0.39 is 0 Å². The predicted molar refractivity (Wildman–Crippen MR) is 200 cm³/mol. The van der Waals surface area contributed by atoms with E-state index in [0.29, 0.717) is 35.0 Å². The largest absolute Gasteiger partial charge is 0.452 e. The quantitative estimate of drug-likeness (QED) is 0.0914. The van der Waals surface area contributed by atoms with Crippen LogP contribution in [0.15, 0.2) is 84.3 Å². The van der Waals surface area contributed by atoms with E-state index in [4.69, 9.17) is 14.7 Å². The van der Waals surface area contributed by atoms with Crippen molar-refractivity contribution in [3.05, 3.63) is 96.0 Å². The maximum atomic E-state index is 13.4. The lowest BCUT2D eigenvalue weighted by Crippen LogP contribution is -2.31. The smallest absolute Gasteiger partial charge is 0.199 e. The number of hydrogen-bond donors (Lipinski definition) is 2. The molecule has 0 bridgehead atoms. The first-order valence-electron chi connectivity index (χ1n) is 16.9. The number of ketones is 1. The van der Waals surface area contributed by atoms with Crippen molar-refractivity contribution in [3.8, 4) is 16.9 Å². The van der Waals surface area contributed by atoms with Crippen LogP contribution in [0, 0.1) is 0 Å². The first kappa shape index (κ1) is 33.7. The fraction of sp³-hybridized carbons (Fsp3) is 0.308. The number of carbonyl (C=O) groups excluding carboxylic acids is 1. The summed E-state index contributed by atoms with van der Waals surface area (Å²) in [6, 6.07) is 18.1. The second-order valence-corrected chi connectivity index (χ2v) is 12.4. The van der Waals surface area contributed by atoms with Crippen molar-refractivity contribution in [2.24, 2.45) is 4.99 Å². The molecule has 10 heteroatoms. The van der Waals surface area contributed by atoms with Gasteiger partial charge in [0, 0.05) is 73.1 Å². The van der Waals surface area contributed by atoms with E-state index in [1.54, 1.807) is 25.7 Å². The standard InChI is InChI=1S/C39H44N8O2/c1-6-27-28-12-7-9-14-32(28)45-39(37(27)49-26(2)24-40-3)43-19-23-47(5)21-11-20-46(4)22-18-42-38-35-34(30-13-8-10-15-33(30)44-38)29-16-17-41-25-31(29)36(35)48/h7-10,12-17,24-25H,2,6,11,18-23H2,1,3-5H3,(H,42,44)(H,43,45). The lowest BCUT2D eigenvalue weighted by molar-refractivity contribution is 0.104. The third-order valence-corrected chi connectivity index (χ3v) is 8.92. The van der Waals surface area contributed by atoms with Gasteiger partial charge in [-0.15, -0.1) is 0 Å². The Morgan fingerprint density at radius 3 is 2.18 bits per heavy atom. The molecule has 5 aromatic rings. The highest BCUT2D eigenvalue weighted by Gasteiger charge is 2.32. The highest BCUT2D eigenvalue weighted by Crippen LogP contribution is 2.43. The Balaban J connectivity index is 1.00. The third kappa shape index (κ3) is 7.30. The number of benzene rings is 2. The molecule has 49 heavy (non-hydrogen) atoms. The number of rotatable bonds is 16. The molecule has 6 rings (SSSR count). The summed E-state index contributed by atoms with van der Waals surface area (Å²) in [6.45, 7) is 11.1. The van der Waals surface area contributed by atoms with E-state index in [9.17, 15) is 4.79 Å². The van der Waals surface area contributed by atoms with E-state index >= 15 is 0 Å². The second-order valence-electron chi connectivity index (χ2n) is 12.4. The van der Waals surface area contributed by atoms with Crippen molar-refractivity contribution in [2.45, 2.75) is 19.8 Å². The van der Waals surface area contributed by atoms with Gasteiger partial charge in [-0.3, -0.25) is 14.8 Å². The lowest BCUT2D eigenvalue weighted by atomic mass is 10.0. The van der Waals surface area contributed by atoms with Gasteiger partial charge in [0.15, 0.2) is 17.4 Å². The molecule has 0 aliphatic heterocycles. The Labute approximate surface area is 288 Å². The molecule has 0 atom stereocenters. The molecule has 0 radical (unpaired) electrons. The number of aryl methyl sites for hydroxylation is 1. The van der Waals surface area contributed by atoms with Gasteiger partial charge in [-0.05, 0) is 63.8 Å². The number of anilines is 2. The SMILES string of the molecule is C=C(C=NC)Oc1c(NCCN(C)CCCN(C)CCNc2nc3ccccc3c3c2C(=O)c2cnccc2-3)nc2ccccc2c1CC. The highest BCUT2D eigenvalue weighted by molar-refractivity contribution is 6.27. The van der Waals surface area contributed by atoms with Gasteiger partial charge in [0.05, 0.1) is 22.8 Å². The molecule has 0 saturated carbocycles. The minimum atomic E-state index is -0.0212. The summed E-state index contributed by atoms with van der Waals surface area (Å²) in [5.41, 5.74) is 6.05. The Morgan fingerprint density at radius 2 is 1.49 bits per heavy atom. The molecule has 3 aromatic heterocycles. The maximum absolute atomic E-state index is 13.4. The zero-order valence-electron chi connectivity index (χ0n) is 28.8. The van der Waals surface area contributed by atoms with Crippen molar-refractivity contribution in [3.63, 3.8) is 0 Å². The monoisotopic (exact) mass is 656 g/mol. The predicted octanol–water partition coefficient (Wildman–Crippen LogP) is 6.32. The number of allylic oxidation sites excluding steroid dienone is 1. The molecule has 3 heterocycles. The number of ether oxygens (including phenoxy) is 1. The number of pyridine rings is 3. The van der Waals surface area contributed by atoms with E-state index in [1.165, 1.54) is 0 Å².